The fraction of sp³-hybridized carbons (Fsp3) is 0.938. The molecule has 1 aliphatic rings. The van der Waals surface area contributed by atoms with E-state index < -0.39 is 0 Å². The van der Waals surface area contributed by atoms with Crippen molar-refractivity contribution in [1.29, 1.82) is 0 Å². The van der Waals surface area contributed by atoms with Crippen molar-refractivity contribution in [3.05, 3.63) is 0 Å². The van der Waals surface area contributed by atoms with Crippen molar-refractivity contribution >= 4 is 5.91 Å². The molecule has 3 heteroatoms. The predicted molar refractivity (Wildman–Crippen MR) is 80.8 cm³/mol. The number of hydrogen-bond donors (Lipinski definition) is 2. The second-order valence-electron chi connectivity index (χ2n) is 7.79. The number of rotatable bonds is 4. The van der Waals surface area contributed by atoms with Crippen molar-refractivity contribution < 1.29 is 4.79 Å². The zero-order chi connectivity index (χ0) is 14.7. The lowest BCUT2D eigenvalue weighted by atomic mass is 9.68. The molecule has 112 valence electrons. The maximum absolute atomic E-state index is 12.6. The molecule has 3 nitrogen and oxygen atoms in total. The standard InChI is InChI=1S/C16H32N2O/c1-15(2,3)13(9-11-17)18-14(19)12-8-6-7-10-16(12,4)5/h12-13H,6-11,17H2,1-5H3,(H,18,19). The van der Waals surface area contributed by atoms with Crippen molar-refractivity contribution in [1.82, 2.24) is 5.32 Å². The maximum atomic E-state index is 12.6. The molecule has 3 N–H and O–H groups in total. The lowest BCUT2D eigenvalue weighted by Crippen LogP contribution is -2.50. The van der Waals surface area contributed by atoms with Crippen LogP contribution in [-0.2, 0) is 4.79 Å². The topological polar surface area (TPSA) is 55.1 Å². The minimum absolute atomic E-state index is 0.0633. The Morgan fingerprint density at radius 2 is 2.00 bits per heavy atom. The minimum atomic E-state index is 0.0633. The van der Waals surface area contributed by atoms with Crippen LogP contribution in [0.4, 0.5) is 0 Å². The Hall–Kier alpha value is -0.570. The lowest BCUT2D eigenvalue weighted by Gasteiger charge is -2.40. The van der Waals surface area contributed by atoms with Gasteiger partial charge in [-0.05, 0) is 36.6 Å². The molecule has 1 saturated carbocycles. The molecule has 0 aliphatic heterocycles. The van der Waals surface area contributed by atoms with E-state index in [4.69, 9.17) is 5.73 Å². The van der Waals surface area contributed by atoms with Crippen molar-refractivity contribution in [2.24, 2.45) is 22.5 Å². The van der Waals surface area contributed by atoms with E-state index >= 15 is 0 Å². The fourth-order valence-corrected chi connectivity index (χ4v) is 3.14. The first-order valence-corrected chi connectivity index (χ1v) is 7.69. The average Bonchev–Trinajstić information content (AvgIpc) is 2.26. The molecule has 0 spiro atoms. The van der Waals surface area contributed by atoms with Gasteiger partial charge in [0.1, 0.15) is 0 Å². The zero-order valence-corrected chi connectivity index (χ0v) is 13.4. The van der Waals surface area contributed by atoms with E-state index in [2.05, 4.69) is 39.9 Å². The van der Waals surface area contributed by atoms with Gasteiger partial charge in [0.2, 0.25) is 5.91 Å². The Balaban J connectivity index is 2.71. The van der Waals surface area contributed by atoms with Crippen LogP contribution >= 0.6 is 0 Å². The highest BCUT2D eigenvalue weighted by Gasteiger charge is 2.38. The van der Waals surface area contributed by atoms with Gasteiger partial charge < -0.3 is 11.1 Å². The van der Waals surface area contributed by atoms with Gasteiger partial charge in [0.25, 0.3) is 0 Å². The largest absolute Gasteiger partial charge is 0.353 e. The van der Waals surface area contributed by atoms with E-state index in [1.807, 2.05) is 0 Å². The monoisotopic (exact) mass is 268 g/mol. The number of carbonyl (C=O) groups is 1. The van der Waals surface area contributed by atoms with Gasteiger partial charge in [0.05, 0.1) is 0 Å². The van der Waals surface area contributed by atoms with Crippen LogP contribution in [0.1, 0.15) is 66.7 Å². The first-order valence-electron chi connectivity index (χ1n) is 7.69. The second kappa shape index (κ2) is 6.25. The van der Waals surface area contributed by atoms with Crippen LogP contribution in [0, 0.1) is 16.7 Å². The highest BCUT2D eigenvalue weighted by atomic mass is 16.2. The first-order chi connectivity index (χ1) is 8.68. The third-order valence-corrected chi connectivity index (χ3v) is 4.64. The average molecular weight is 268 g/mol. The molecule has 0 aromatic rings. The Morgan fingerprint density at radius 1 is 1.37 bits per heavy atom. The van der Waals surface area contributed by atoms with Crippen molar-refractivity contribution in [3.63, 3.8) is 0 Å². The van der Waals surface area contributed by atoms with E-state index in [-0.39, 0.29) is 28.7 Å². The quantitative estimate of drug-likeness (QED) is 0.823. The number of hydrogen-bond acceptors (Lipinski definition) is 2. The molecule has 0 radical (unpaired) electrons. The maximum Gasteiger partial charge on any atom is 0.223 e. The molecular weight excluding hydrogens is 236 g/mol. The van der Waals surface area contributed by atoms with Crippen LogP contribution in [0.3, 0.4) is 0 Å². The van der Waals surface area contributed by atoms with Gasteiger partial charge in [-0.3, -0.25) is 4.79 Å². The minimum Gasteiger partial charge on any atom is -0.353 e. The van der Waals surface area contributed by atoms with Gasteiger partial charge in [-0.2, -0.15) is 0 Å². The second-order valence-corrected chi connectivity index (χ2v) is 7.79. The van der Waals surface area contributed by atoms with Gasteiger partial charge in [-0.25, -0.2) is 0 Å². The molecular formula is C16H32N2O. The van der Waals surface area contributed by atoms with Gasteiger partial charge in [-0.15, -0.1) is 0 Å². The Morgan fingerprint density at radius 3 is 2.47 bits per heavy atom. The van der Waals surface area contributed by atoms with Crippen molar-refractivity contribution in [3.8, 4) is 0 Å². The van der Waals surface area contributed by atoms with E-state index in [1.165, 1.54) is 12.8 Å². The molecule has 1 fully saturated rings. The van der Waals surface area contributed by atoms with Crippen LogP contribution in [0.15, 0.2) is 0 Å². The van der Waals surface area contributed by atoms with Crippen LogP contribution in [0.2, 0.25) is 0 Å². The molecule has 19 heavy (non-hydrogen) atoms. The van der Waals surface area contributed by atoms with Crippen LogP contribution in [0.5, 0.6) is 0 Å². The van der Waals surface area contributed by atoms with Crippen LogP contribution < -0.4 is 11.1 Å². The van der Waals surface area contributed by atoms with Crippen molar-refractivity contribution in [2.45, 2.75) is 72.8 Å². The lowest BCUT2D eigenvalue weighted by molar-refractivity contribution is -0.131. The Bertz CT molecular complexity index is 304. The number of amides is 1. The third-order valence-electron chi connectivity index (χ3n) is 4.64. The number of nitrogens with two attached hydrogens (primary N) is 1. The summed E-state index contributed by atoms with van der Waals surface area (Å²) in [6.07, 6.45) is 5.46. The summed E-state index contributed by atoms with van der Waals surface area (Å²) >= 11 is 0. The zero-order valence-electron chi connectivity index (χ0n) is 13.4. The normalized spacial score (nSPS) is 24.8. The smallest absolute Gasteiger partial charge is 0.223 e. The molecule has 1 amide bonds. The summed E-state index contributed by atoms with van der Waals surface area (Å²) in [4.78, 5) is 12.6. The van der Waals surface area contributed by atoms with Crippen LogP contribution in [-0.4, -0.2) is 18.5 Å². The number of nitrogens with one attached hydrogen (secondary N) is 1. The molecule has 0 heterocycles. The van der Waals surface area contributed by atoms with Crippen molar-refractivity contribution in [2.75, 3.05) is 6.54 Å². The molecule has 0 bridgehead atoms. The predicted octanol–water partition coefficient (Wildman–Crippen LogP) is 3.08. The Kier molecular flexibility index (Phi) is 5.43. The van der Waals surface area contributed by atoms with Gasteiger partial charge in [-0.1, -0.05) is 47.5 Å². The molecule has 1 rings (SSSR count). The molecule has 0 saturated heterocycles. The third kappa shape index (κ3) is 4.48. The summed E-state index contributed by atoms with van der Waals surface area (Å²) in [5.41, 5.74) is 5.88. The summed E-state index contributed by atoms with van der Waals surface area (Å²) in [5.74, 6) is 0.391. The SMILES string of the molecule is CC(C)(C)C(CCN)NC(=O)C1CCCCC1(C)C. The molecule has 2 unspecified atom stereocenters. The summed E-state index contributed by atoms with van der Waals surface area (Å²) in [6.45, 7) is 11.6. The molecule has 0 aromatic carbocycles. The van der Waals surface area contributed by atoms with E-state index in [1.54, 1.807) is 0 Å². The Labute approximate surface area is 118 Å². The van der Waals surface area contributed by atoms with Crippen LogP contribution in [0.25, 0.3) is 0 Å². The summed E-state index contributed by atoms with van der Waals surface area (Å²) in [6, 6.07) is 0.169. The highest BCUT2D eigenvalue weighted by Crippen LogP contribution is 2.40. The van der Waals surface area contributed by atoms with E-state index in [0.717, 1.165) is 19.3 Å². The van der Waals surface area contributed by atoms with Gasteiger partial charge in [0.15, 0.2) is 0 Å². The summed E-state index contributed by atoms with van der Waals surface area (Å²) in [5, 5.41) is 3.26. The molecule has 1 aliphatic carbocycles. The van der Waals surface area contributed by atoms with E-state index in [0.29, 0.717) is 6.54 Å². The van der Waals surface area contributed by atoms with E-state index in [9.17, 15) is 4.79 Å². The fourth-order valence-electron chi connectivity index (χ4n) is 3.14. The summed E-state index contributed by atoms with van der Waals surface area (Å²) in [7, 11) is 0. The number of carbonyl (C=O) groups excluding carboxylic acids is 1. The molecule has 0 aromatic heterocycles. The first kappa shape index (κ1) is 16.5. The highest BCUT2D eigenvalue weighted by molar-refractivity contribution is 5.80. The molecule has 2 atom stereocenters. The van der Waals surface area contributed by atoms with Gasteiger partial charge in [0, 0.05) is 12.0 Å². The summed E-state index contributed by atoms with van der Waals surface area (Å²) < 4.78 is 0. The van der Waals surface area contributed by atoms with Gasteiger partial charge >= 0.3 is 0 Å².